The van der Waals surface area contributed by atoms with Gasteiger partial charge >= 0.3 is 0 Å². The van der Waals surface area contributed by atoms with E-state index in [9.17, 15) is 19.2 Å². The van der Waals surface area contributed by atoms with Gasteiger partial charge in [-0.05, 0) is 97.1 Å². The fourth-order valence-corrected chi connectivity index (χ4v) is 6.78. The number of furan rings is 1. The van der Waals surface area contributed by atoms with Crippen LogP contribution in [0.5, 0.6) is 11.8 Å². The van der Waals surface area contributed by atoms with Crippen LogP contribution in [-0.2, 0) is 27.9 Å². The minimum atomic E-state index is -0.282. The van der Waals surface area contributed by atoms with Crippen LogP contribution < -0.4 is 20.3 Å². The van der Waals surface area contributed by atoms with Gasteiger partial charge in [0.25, 0.3) is 11.9 Å². The predicted octanol–water partition coefficient (Wildman–Crippen LogP) is 5.95. The van der Waals surface area contributed by atoms with E-state index in [0.717, 1.165) is 33.3 Å². The van der Waals surface area contributed by atoms with Gasteiger partial charge in [0.05, 0.1) is 11.0 Å². The van der Waals surface area contributed by atoms with E-state index in [0.29, 0.717) is 68.0 Å². The highest BCUT2D eigenvalue weighted by Crippen LogP contribution is 2.32. The standard InChI is InChI=1S/C42H43N7O6/c1-5-38(51)48-19-20-49(39(52)25-48)40-14-11-30(54-40)10-13-37(50)43-16-6-17-44-41(53)33-23-31(9-7-26(33)2)55-42-45-34-21-27(3)32(24-35(34)46-42)28-8-12-36-29(22-28)15-18-47(36)4/h5,7-9,11-12,14-15,18,21-24H,1,6,10,13,16-17,19-20,25H2,2-4H3,(H,43,50)(H,44,53)(H,45,46). The number of H-pyrrole nitrogens is 1. The molecule has 0 spiro atoms. The van der Waals surface area contributed by atoms with Crippen LogP contribution in [0.4, 0.5) is 5.88 Å². The Morgan fingerprint density at radius 2 is 1.82 bits per heavy atom. The number of aromatic nitrogens is 3. The molecule has 3 aromatic carbocycles. The zero-order valence-corrected chi connectivity index (χ0v) is 31.1. The summed E-state index contributed by atoms with van der Waals surface area (Å²) in [6.07, 6.45) is 4.36. The molecule has 1 fully saturated rings. The number of nitrogens with zero attached hydrogens (tertiary/aromatic N) is 4. The van der Waals surface area contributed by atoms with Crippen LogP contribution in [0.3, 0.4) is 0 Å². The number of anilines is 1. The van der Waals surface area contributed by atoms with Gasteiger partial charge in [0, 0.05) is 74.8 Å². The summed E-state index contributed by atoms with van der Waals surface area (Å²) < 4.78 is 14.0. The number of aryl methyl sites for hydroxylation is 4. The third kappa shape index (κ3) is 8.15. The quantitative estimate of drug-likeness (QED) is 0.0976. The third-order valence-electron chi connectivity index (χ3n) is 9.85. The molecule has 13 nitrogen and oxygen atoms in total. The smallest absolute Gasteiger partial charge is 0.300 e. The minimum Gasteiger partial charge on any atom is -0.445 e. The third-order valence-corrected chi connectivity index (χ3v) is 9.85. The molecule has 55 heavy (non-hydrogen) atoms. The first kappa shape index (κ1) is 36.7. The average Bonchev–Trinajstić information content (AvgIpc) is 3.91. The van der Waals surface area contributed by atoms with Gasteiger partial charge in [-0.3, -0.25) is 24.1 Å². The molecule has 1 aliphatic heterocycles. The number of benzene rings is 3. The Hall–Kier alpha value is -6.63. The van der Waals surface area contributed by atoms with Crippen molar-refractivity contribution in [3.8, 4) is 22.9 Å². The summed E-state index contributed by atoms with van der Waals surface area (Å²) in [7, 11) is 2.04. The lowest BCUT2D eigenvalue weighted by molar-refractivity contribution is -0.133. The SMILES string of the molecule is C=CC(=O)N1CCN(c2ccc(CCC(=O)NCCCNC(=O)c3cc(Oc4nc5cc(-c6ccc7c(ccn7C)c6)c(C)cc5[nH]4)ccc3C)o2)C(=O)C1. The highest BCUT2D eigenvalue weighted by molar-refractivity contribution is 5.99. The van der Waals surface area contributed by atoms with Crippen LogP contribution in [0, 0.1) is 13.8 Å². The number of hydrogen-bond acceptors (Lipinski definition) is 7. The first-order chi connectivity index (χ1) is 26.6. The van der Waals surface area contributed by atoms with Crippen molar-refractivity contribution in [1.82, 2.24) is 30.1 Å². The largest absolute Gasteiger partial charge is 0.445 e. The van der Waals surface area contributed by atoms with E-state index in [1.165, 1.54) is 26.8 Å². The summed E-state index contributed by atoms with van der Waals surface area (Å²) in [6, 6.07) is 21.8. The number of nitrogens with one attached hydrogen (secondary N) is 3. The fourth-order valence-electron chi connectivity index (χ4n) is 6.78. The number of piperazine rings is 1. The summed E-state index contributed by atoms with van der Waals surface area (Å²) >= 11 is 0. The normalized spacial score (nSPS) is 13.0. The Kier molecular flexibility index (Phi) is 10.5. The van der Waals surface area contributed by atoms with Gasteiger partial charge in [-0.1, -0.05) is 18.7 Å². The van der Waals surface area contributed by atoms with Crippen LogP contribution in [-0.4, -0.2) is 75.8 Å². The van der Waals surface area contributed by atoms with Gasteiger partial charge in [0.1, 0.15) is 18.1 Å². The van der Waals surface area contributed by atoms with Crippen molar-refractivity contribution in [3.63, 3.8) is 0 Å². The Balaban J connectivity index is 0.866. The van der Waals surface area contributed by atoms with Gasteiger partial charge in [0.2, 0.25) is 23.6 Å². The van der Waals surface area contributed by atoms with E-state index in [-0.39, 0.29) is 36.6 Å². The van der Waals surface area contributed by atoms with Crippen LogP contribution in [0.15, 0.2) is 90.0 Å². The number of aromatic amines is 1. The van der Waals surface area contributed by atoms with Crippen LogP contribution in [0.25, 0.3) is 33.1 Å². The van der Waals surface area contributed by atoms with E-state index in [2.05, 4.69) is 76.3 Å². The molecule has 0 unspecified atom stereocenters. The highest BCUT2D eigenvalue weighted by atomic mass is 16.5. The van der Waals surface area contributed by atoms with Crippen LogP contribution >= 0.6 is 0 Å². The van der Waals surface area contributed by atoms with Gasteiger partial charge < -0.3 is 34.2 Å². The van der Waals surface area contributed by atoms with Crippen molar-refractivity contribution >= 4 is 51.4 Å². The molecule has 0 bridgehead atoms. The Labute approximate surface area is 317 Å². The molecule has 1 saturated heterocycles. The topological polar surface area (TPSA) is 155 Å². The van der Waals surface area contributed by atoms with Crippen LogP contribution in [0.1, 0.15) is 40.1 Å². The van der Waals surface area contributed by atoms with Crippen LogP contribution in [0.2, 0.25) is 0 Å². The van der Waals surface area contributed by atoms with Crippen molar-refractivity contribution in [2.75, 3.05) is 37.6 Å². The average molecular weight is 742 g/mol. The number of hydrogen-bond donors (Lipinski definition) is 3. The number of amides is 4. The van der Waals surface area contributed by atoms with Gasteiger partial charge in [-0.2, -0.15) is 4.98 Å². The Bertz CT molecular complexity index is 2440. The lowest BCUT2D eigenvalue weighted by atomic mass is 9.99. The summed E-state index contributed by atoms with van der Waals surface area (Å²) in [5.74, 6) is 0.539. The van der Waals surface area contributed by atoms with Gasteiger partial charge in [-0.25, -0.2) is 0 Å². The molecule has 0 atom stereocenters. The second-order valence-corrected chi connectivity index (χ2v) is 13.7. The molecule has 3 aromatic heterocycles. The summed E-state index contributed by atoms with van der Waals surface area (Å²) in [5.41, 5.74) is 7.42. The number of ether oxygens (including phenoxy) is 1. The molecule has 4 heterocycles. The molecule has 0 radical (unpaired) electrons. The Morgan fingerprint density at radius 3 is 2.64 bits per heavy atom. The van der Waals surface area contributed by atoms with E-state index >= 15 is 0 Å². The molecule has 0 saturated carbocycles. The van der Waals surface area contributed by atoms with Crippen molar-refractivity contribution < 1.29 is 28.3 Å². The van der Waals surface area contributed by atoms with Crippen molar-refractivity contribution in [1.29, 1.82) is 0 Å². The highest BCUT2D eigenvalue weighted by Gasteiger charge is 2.28. The molecular weight excluding hydrogens is 699 g/mol. The molecule has 4 amide bonds. The second-order valence-electron chi connectivity index (χ2n) is 13.7. The molecule has 282 valence electrons. The predicted molar refractivity (Wildman–Crippen MR) is 210 cm³/mol. The molecule has 6 aromatic rings. The summed E-state index contributed by atoms with van der Waals surface area (Å²) in [4.78, 5) is 60.8. The maximum atomic E-state index is 13.1. The van der Waals surface area contributed by atoms with Crippen molar-refractivity contribution in [2.24, 2.45) is 7.05 Å². The van der Waals surface area contributed by atoms with Crippen molar-refractivity contribution in [3.05, 3.63) is 108 Å². The lowest BCUT2D eigenvalue weighted by Crippen LogP contribution is -2.52. The maximum absolute atomic E-state index is 13.1. The number of carbonyl (C=O) groups excluding carboxylic acids is 4. The fraction of sp³-hybridized carbons (Fsp3) is 0.262. The summed E-state index contributed by atoms with van der Waals surface area (Å²) in [6.45, 7) is 8.83. The van der Waals surface area contributed by atoms with E-state index in [4.69, 9.17) is 14.1 Å². The van der Waals surface area contributed by atoms with Gasteiger partial charge in [0.15, 0.2) is 0 Å². The zero-order valence-electron chi connectivity index (χ0n) is 31.1. The molecule has 7 rings (SSSR count). The van der Waals surface area contributed by atoms with Gasteiger partial charge in [-0.15, -0.1) is 0 Å². The number of imidazole rings is 1. The lowest BCUT2D eigenvalue weighted by Gasteiger charge is -2.32. The van der Waals surface area contributed by atoms with E-state index in [1.54, 1.807) is 24.3 Å². The zero-order chi connectivity index (χ0) is 38.6. The monoisotopic (exact) mass is 741 g/mol. The van der Waals surface area contributed by atoms with E-state index < -0.39 is 0 Å². The second kappa shape index (κ2) is 15.8. The van der Waals surface area contributed by atoms with Crippen molar-refractivity contribution in [2.45, 2.75) is 33.1 Å². The number of carbonyl (C=O) groups is 4. The molecule has 13 heteroatoms. The minimum absolute atomic E-state index is 0.0390. The molecule has 3 N–H and O–H groups in total. The number of fused-ring (bicyclic) bond motifs is 2. The first-order valence-corrected chi connectivity index (χ1v) is 18.3. The molecule has 0 aliphatic carbocycles. The number of rotatable bonds is 13. The maximum Gasteiger partial charge on any atom is 0.300 e. The first-order valence-electron chi connectivity index (χ1n) is 18.3. The summed E-state index contributed by atoms with van der Waals surface area (Å²) in [5, 5.41) is 6.98. The Morgan fingerprint density at radius 1 is 0.982 bits per heavy atom. The molecule has 1 aliphatic rings. The molecular formula is C42H43N7O6. The van der Waals surface area contributed by atoms with E-state index in [1.807, 2.05) is 20.0 Å².